The maximum absolute atomic E-state index is 11.9. The van der Waals surface area contributed by atoms with Crippen molar-refractivity contribution < 1.29 is 9.90 Å². The molecule has 1 atom stereocenters. The summed E-state index contributed by atoms with van der Waals surface area (Å²) in [7, 11) is 0. The highest BCUT2D eigenvalue weighted by Crippen LogP contribution is 2.17. The van der Waals surface area contributed by atoms with Gasteiger partial charge in [-0.1, -0.05) is 42.3 Å². The predicted molar refractivity (Wildman–Crippen MR) is 79.0 cm³/mol. The molecule has 0 bridgehead atoms. The molecule has 20 heavy (non-hydrogen) atoms. The molecule has 1 unspecified atom stereocenters. The van der Waals surface area contributed by atoms with Gasteiger partial charge in [-0.2, -0.15) is 0 Å². The summed E-state index contributed by atoms with van der Waals surface area (Å²) in [5.74, 6) is 2.25. The average molecular weight is 265 g/mol. The Balaban J connectivity index is 1.97. The van der Waals surface area contributed by atoms with E-state index < -0.39 is 6.10 Å². The fourth-order valence-corrected chi connectivity index (χ4v) is 1.87. The third-order valence-electron chi connectivity index (χ3n) is 2.88. The summed E-state index contributed by atoms with van der Waals surface area (Å²) < 4.78 is 0. The number of anilines is 1. The molecule has 0 heterocycles. The lowest BCUT2D eigenvalue weighted by molar-refractivity contribution is -0.118. The number of terminal acetylenes is 1. The maximum atomic E-state index is 11.9. The molecule has 1 amide bonds. The number of carbonyl (C=O) groups excluding carboxylic acids is 1. The SMILES string of the molecule is C#Cc1cccc(NC(=O)CC(O)c2ccccc2)c1. The van der Waals surface area contributed by atoms with E-state index in [-0.39, 0.29) is 12.3 Å². The molecule has 0 aliphatic rings. The van der Waals surface area contributed by atoms with Crippen LogP contribution in [0, 0.1) is 12.3 Å². The first-order valence-corrected chi connectivity index (χ1v) is 6.28. The molecule has 2 rings (SSSR count). The Morgan fingerprint density at radius 2 is 1.95 bits per heavy atom. The Morgan fingerprint density at radius 1 is 1.20 bits per heavy atom. The van der Waals surface area contributed by atoms with Crippen LogP contribution in [0.2, 0.25) is 0 Å². The van der Waals surface area contributed by atoms with Crippen molar-refractivity contribution in [3.8, 4) is 12.3 Å². The van der Waals surface area contributed by atoms with Crippen molar-refractivity contribution in [2.24, 2.45) is 0 Å². The van der Waals surface area contributed by atoms with Crippen LogP contribution < -0.4 is 5.32 Å². The summed E-state index contributed by atoms with van der Waals surface area (Å²) in [5.41, 5.74) is 2.05. The second-order valence-electron chi connectivity index (χ2n) is 4.40. The number of hydrogen-bond donors (Lipinski definition) is 2. The zero-order chi connectivity index (χ0) is 14.4. The maximum Gasteiger partial charge on any atom is 0.227 e. The number of aliphatic hydroxyl groups is 1. The van der Waals surface area contributed by atoms with Gasteiger partial charge in [-0.25, -0.2) is 0 Å². The van der Waals surface area contributed by atoms with Crippen LogP contribution in [0.1, 0.15) is 23.7 Å². The zero-order valence-corrected chi connectivity index (χ0v) is 10.9. The normalized spacial score (nSPS) is 11.4. The summed E-state index contributed by atoms with van der Waals surface area (Å²) in [5, 5.41) is 12.7. The standard InChI is InChI=1S/C17H15NO2/c1-2-13-7-6-10-15(11-13)18-17(20)12-16(19)14-8-4-3-5-9-14/h1,3-11,16,19H,12H2,(H,18,20). The number of nitrogens with one attached hydrogen (secondary N) is 1. The van der Waals surface area contributed by atoms with E-state index >= 15 is 0 Å². The van der Waals surface area contributed by atoms with Crippen molar-refractivity contribution in [2.75, 3.05) is 5.32 Å². The molecule has 0 fully saturated rings. The molecular formula is C17H15NO2. The molecule has 0 aliphatic heterocycles. The topological polar surface area (TPSA) is 49.3 Å². The van der Waals surface area contributed by atoms with Gasteiger partial charge in [0.15, 0.2) is 0 Å². The number of benzene rings is 2. The fourth-order valence-electron chi connectivity index (χ4n) is 1.87. The molecule has 2 aromatic carbocycles. The molecule has 0 saturated carbocycles. The van der Waals surface area contributed by atoms with E-state index in [1.54, 1.807) is 36.4 Å². The molecule has 3 heteroatoms. The van der Waals surface area contributed by atoms with E-state index in [2.05, 4.69) is 11.2 Å². The Morgan fingerprint density at radius 3 is 2.65 bits per heavy atom. The molecule has 3 nitrogen and oxygen atoms in total. The molecule has 0 aromatic heterocycles. The van der Waals surface area contributed by atoms with Gasteiger partial charge in [0, 0.05) is 11.3 Å². The third kappa shape index (κ3) is 3.71. The van der Waals surface area contributed by atoms with Gasteiger partial charge < -0.3 is 10.4 Å². The summed E-state index contributed by atoms with van der Waals surface area (Å²) in [6, 6.07) is 16.1. The van der Waals surface area contributed by atoms with Crippen molar-refractivity contribution >= 4 is 11.6 Å². The van der Waals surface area contributed by atoms with Gasteiger partial charge >= 0.3 is 0 Å². The minimum absolute atomic E-state index is 0.00426. The largest absolute Gasteiger partial charge is 0.388 e. The van der Waals surface area contributed by atoms with Crippen LogP contribution in [0.5, 0.6) is 0 Å². The van der Waals surface area contributed by atoms with E-state index in [0.717, 1.165) is 5.56 Å². The Labute approximate surface area is 118 Å². The second-order valence-corrected chi connectivity index (χ2v) is 4.40. The molecule has 100 valence electrons. The van der Waals surface area contributed by atoms with E-state index in [0.29, 0.717) is 11.3 Å². The first kappa shape index (κ1) is 13.9. The van der Waals surface area contributed by atoms with Crippen molar-refractivity contribution in [1.82, 2.24) is 0 Å². The van der Waals surface area contributed by atoms with E-state index in [1.807, 2.05) is 18.2 Å². The quantitative estimate of drug-likeness (QED) is 0.835. The third-order valence-corrected chi connectivity index (χ3v) is 2.88. The molecule has 0 radical (unpaired) electrons. The smallest absolute Gasteiger partial charge is 0.227 e. The van der Waals surface area contributed by atoms with Crippen LogP contribution in [0.25, 0.3) is 0 Å². The van der Waals surface area contributed by atoms with Crippen molar-refractivity contribution in [3.63, 3.8) is 0 Å². The summed E-state index contributed by atoms with van der Waals surface area (Å²) in [6.45, 7) is 0. The van der Waals surface area contributed by atoms with Crippen LogP contribution in [0.15, 0.2) is 54.6 Å². The lowest BCUT2D eigenvalue weighted by Gasteiger charge is -2.11. The first-order valence-electron chi connectivity index (χ1n) is 6.28. The predicted octanol–water partition coefficient (Wildman–Crippen LogP) is 2.73. The Kier molecular flexibility index (Phi) is 4.54. The van der Waals surface area contributed by atoms with Gasteiger partial charge in [-0.15, -0.1) is 6.42 Å². The average Bonchev–Trinajstić information content (AvgIpc) is 2.48. The van der Waals surface area contributed by atoms with Crippen LogP contribution in [0.3, 0.4) is 0 Å². The minimum atomic E-state index is -0.813. The van der Waals surface area contributed by atoms with Gasteiger partial charge in [0.2, 0.25) is 5.91 Å². The number of rotatable bonds is 4. The molecule has 2 aromatic rings. The molecule has 2 N–H and O–H groups in total. The molecular weight excluding hydrogens is 250 g/mol. The molecule has 0 aliphatic carbocycles. The second kappa shape index (κ2) is 6.55. The number of carbonyl (C=O) groups is 1. The first-order chi connectivity index (χ1) is 9.69. The number of amides is 1. The minimum Gasteiger partial charge on any atom is -0.388 e. The fraction of sp³-hybridized carbons (Fsp3) is 0.118. The van der Waals surface area contributed by atoms with Crippen LogP contribution >= 0.6 is 0 Å². The van der Waals surface area contributed by atoms with Gasteiger partial charge in [0.25, 0.3) is 0 Å². The van der Waals surface area contributed by atoms with Crippen molar-refractivity contribution in [1.29, 1.82) is 0 Å². The number of aliphatic hydroxyl groups excluding tert-OH is 1. The van der Waals surface area contributed by atoms with E-state index in [4.69, 9.17) is 6.42 Å². The van der Waals surface area contributed by atoms with Gasteiger partial charge in [-0.3, -0.25) is 4.79 Å². The van der Waals surface area contributed by atoms with Gasteiger partial charge in [0.05, 0.1) is 12.5 Å². The van der Waals surface area contributed by atoms with Gasteiger partial charge in [-0.05, 0) is 23.8 Å². The van der Waals surface area contributed by atoms with Crippen LogP contribution in [-0.2, 0) is 4.79 Å². The summed E-state index contributed by atoms with van der Waals surface area (Å²) in [4.78, 5) is 11.9. The highest BCUT2D eigenvalue weighted by atomic mass is 16.3. The zero-order valence-electron chi connectivity index (χ0n) is 10.9. The highest BCUT2D eigenvalue weighted by molar-refractivity contribution is 5.91. The Hall–Kier alpha value is -2.57. The highest BCUT2D eigenvalue weighted by Gasteiger charge is 2.12. The monoisotopic (exact) mass is 265 g/mol. The van der Waals surface area contributed by atoms with E-state index in [9.17, 15) is 9.90 Å². The van der Waals surface area contributed by atoms with Crippen molar-refractivity contribution in [3.05, 3.63) is 65.7 Å². The van der Waals surface area contributed by atoms with Crippen LogP contribution in [-0.4, -0.2) is 11.0 Å². The van der Waals surface area contributed by atoms with Gasteiger partial charge in [0.1, 0.15) is 0 Å². The Bertz CT molecular complexity index is 629. The van der Waals surface area contributed by atoms with Crippen LogP contribution in [0.4, 0.5) is 5.69 Å². The number of hydrogen-bond acceptors (Lipinski definition) is 2. The summed E-state index contributed by atoms with van der Waals surface area (Å²) in [6.07, 6.45) is 4.49. The molecule has 0 spiro atoms. The van der Waals surface area contributed by atoms with E-state index in [1.165, 1.54) is 0 Å². The van der Waals surface area contributed by atoms with Crippen molar-refractivity contribution in [2.45, 2.75) is 12.5 Å². The lowest BCUT2D eigenvalue weighted by atomic mass is 10.1. The lowest BCUT2D eigenvalue weighted by Crippen LogP contribution is -2.15. The molecule has 0 saturated heterocycles. The summed E-state index contributed by atoms with van der Waals surface area (Å²) >= 11 is 0.